The van der Waals surface area contributed by atoms with E-state index in [1.54, 1.807) is 23.1 Å². The summed E-state index contributed by atoms with van der Waals surface area (Å²) in [7, 11) is 0. The van der Waals surface area contributed by atoms with Crippen LogP contribution in [-0.2, 0) is 4.79 Å². The molecule has 2 bridgehead atoms. The van der Waals surface area contributed by atoms with Gasteiger partial charge in [-0.1, -0.05) is 28.4 Å². The van der Waals surface area contributed by atoms with Gasteiger partial charge in [0.25, 0.3) is 0 Å². The van der Waals surface area contributed by atoms with Crippen LogP contribution in [0.3, 0.4) is 0 Å². The Hall–Kier alpha value is -1.81. The number of anilines is 1. The predicted molar refractivity (Wildman–Crippen MR) is 134 cm³/mol. The lowest BCUT2D eigenvalue weighted by molar-refractivity contribution is -0.295. The third-order valence-electron chi connectivity index (χ3n) is 8.19. The lowest BCUT2D eigenvalue weighted by atomic mass is 9.62. The third kappa shape index (κ3) is 5.69. The fourth-order valence-corrected chi connectivity index (χ4v) is 6.66. The number of alkyl halides is 3. The van der Waals surface area contributed by atoms with Crippen molar-refractivity contribution >= 4 is 33.6 Å². The lowest BCUT2D eigenvalue weighted by Crippen LogP contribution is -2.60. The Balaban J connectivity index is 1.49. The third-order valence-corrected chi connectivity index (χ3v) is 8.68. The molecule has 3 N–H and O–H groups in total. The van der Waals surface area contributed by atoms with E-state index in [0.29, 0.717) is 18.2 Å². The van der Waals surface area contributed by atoms with E-state index in [4.69, 9.17) is 0 Å². The first-order chi connectivity index (χ1) is 16.8. The van der Waals surface area contributed by atoms with E-state index in [1.807, 2.05) is 19.9 Å². The molecule has 200 valence electrons. The molecule has 3 aliphatic rings. The molecule has 0 aromatic heterocycles. The van der Waals surface area contributed by atoms with Gasteiger partial charge in [-0.3, -0.25) is 4.79 Å². The van der Waals surface area contributed by atoms with Gasteiger partial charge < -0.3 is 20.6 Å². The molecule has 4 rings (SSSR count). The molecule has 0 aliphatic heterocycles. The molecule has 3 saturated carbocycles. The quantitative estimate of drug-likeness (QED) is 0.418. The van der Waals surface area contributed by atoms with Gasteiger partial charge in [0.1, 0.15) is 0 Å². The number of nitrogens with zero attached hydrogens (tertiary/aromatic N) is 1. The van der Waals surface area contributed by atoms with Gasteiger partial charge in [0.15, 0.2) is 5.60 Å². The van der Waals surface area contributed by atoms with Crippen LogP contribution in [0.1, 0.15) is 65.2 Å². The van der Waals surface area contributed by atoms with E-state index in [2.05, 4.69) is 26.6 Å². The van der Waals surface area contributed by atoms with Gasteiger partial charge in [-0.05, 0) is 88.8 Å². The Morgan fingerprint density at radius 2 is 1.92 bits per heavy atom. The van der Waals surface area contributed by atoms with E-state index in [0.717, 1.165) is 43.0 Å². The molecule has 10 heteroatoms. The van der Waals surface area contributed by atoms with Gasteiger partial charge in [0.2, 0.25) is 5.91 Å². The van der Waals surface area contributed by atoms with E-state index in [-0.39, 0.29) is 29.4 Å². The van der Waals surface area contributed by atoms with Crippen molar-refractivity contribution < 1.29 is 27.9 Å². The highest BCUT2D eigenvalue weighted by Crippen LogP contribution is 2.50. The second-order valence-corrected chi connectivity index (χ2v) is 12.2. The summed E-state index contributed by atoms with van der Waals surface area (Å²) in [6.45, 7) is 4.25. The highest BCUT2D eigenvalue weighted by Gasteiger charge is 2.63. The minimum absolute atomic E-state index is 0.0448. The summed E-state index contributed by atoms with van der Waals surface area (Å²) in [5.74, 6) is -0.754. The first kappa shape index (κ1) is 27.2. The number of nitrogens with one attached hydrogen (secondary N) is 2. The number of urea groups is 1. The number of rotatable bonds is 6. The zero-order valence-electron chi connectivity index (χ0n) is 20.7. The normalized spacial score (nSPS) is 31.9. The average Bonchev–Trinajstić information content (AvgIpc) is 2.74. The van der Waals surface area contributed by atoms with Crippen LogP contribution in [0, 0.1) is 17.8 Å². The molecule has 3 atom stereocenters. The van der Waals surface area contributed by atoms with Crippen LogP contribution in [-0.4, -0.2) is 46.9 Å². The minimum atomic E-state index is -4.74. The maximum Gasteiger partial charge on any atom is 0.417 e. The molecule has 0 radical (unpaired) electrons. The molecule has 0 spiro atoms. The summed E-state index contributed by atoms with van der Waals surface area (Å²) in [5, 5.41) is 16.0. The van der Waals surface area contributed by atoms with Gasteiger partial charge in [-0.25, -0.2) is 4.79 Å². The number of aliphatic hydroxyl groups is 1. The van der Waals surface area contributed by atoms with Crippen molar-refractivity contribution in [1.29, 1.82) is 0 Å². The van der Waals surface area contributed by atoms with Crippen molar-refractivity contribution in [2.45, 2.75) is 88.6 Å². The molecule has 1 aromatic rings. The SMILES string of the molecule is CC(C)NC(=O)NC12CCCC(C1)C(CN(C(=O)C1CC(O)(C(F)(F)F)C1)c1cccc(Br)c1)CC2. The van der Waals surface area contributed by atoms with Crippen LogP contribution >= 0.6 is 15.9 Å². The van der Waals surface area contributed by atoms with Gasteiger partial charge in [0, 0.05) is 34.2 Å². The van der Waals surface area contributed by atoms with Crippen molar-refractivity contribution in [2.24, 2.45) is 17.8 Å². The summed E-state index contributed by atoms with van der Waals surface area (Å²) in [5.41, 5.74) is -2.40. The topological polar surface area (TPSA) is 81.7 Å². The molecule has 0 heterocycles. The largest absolute Gasteiger partial charge is 0.417 e. The Morgan fingerprint density at radius 3 is 2.56 bits per heavy atom. The Labute approximate surface area is 218 Å². The number of carbonyl (C=O) groups is 2. The molecular formula is C26H35BrF3N3O3. The highest BCUT2D eigenvalue weighted by molar-refractivity contribution is 9.10. The summed E-state index contributed by atoms with van der Waals surface area (Å²) in [4.78, 5) is 27.5. The van der Waals surface area contributed by atoms with Crippen LogP contribution in [0.2, 0.25) is 0 Å². The average molecular weight is 574 g/mol. The Bertz CT molecular complexity index is 983. The van der Waals surface area contributed by atoms with Gasteiger partial charge in [0.05, 0.1) is 0 Å². The molecular weight excluding hydrogens is 539 g/mol. The summed E-state index contributed by atoms with van der Waals surface area (Å²) < 4.78 is 40.4. The van der Waals surface area contributed by atoms with Gasteiger partial charge in [-0.2, -0.15) is 13.2 Å². The van der Waals surface area contributed by atoms with E-state index in [9.17, 15) is 27.9 Å². The molecule has 1 aromatic carbocycles. The number of carbonyl (C=O) groups excluding carboxylic acids is 2. The first-order valence-electron chi connectivity index (χ1n) is 12.8. The number of hydrogen-bond acceptors (Lipinski definition) is 3. The van der Waals surface area contributed by atoms with Crippen LogP contribution in [0.15, 0.2) is 28.7 Å². The number of hydrogen-bond donors (Lipinski definition) is 3. The fraction of sp³-hybridized carbons (Fsp3) is 0.692. The Morgan fingerprint density at radius 1 is 1.19 bits per heavy atom. The summed E-state index contributed by atoms with van der Waals surface area (Å²) >= 11 is 3.43. The zero-order valence-corrected chi connectivity index (χ0v) is 22.3. The molecule has 3 aliphatic carbocycles. The number of fused-ring (bicyclic) bond motifs is 2. The van der Waals surface area contributed by atoms with Crippen molar-refractivity contribution in [3.05, 3.63) is 28.7 Å². The predicted octanol–water partition coefficient (Wildman–Crippen LogP) is 5.53. The zero-order chi connectivity index (χ0) is 26.3. The highest BCUT2D eigenvalue weighted by atomic mass is 79.9. The van der Waals surface area contributed by atoms with E-state index >= 15 is 0 Å². The summed E-state index contributed by atoms with van der Waals surface area (Å²) in [6.07, 6.45) is -0.590. The van der Waals surface area contributed by atoms with Crippen molar-refractivity contribution in [1.82, 2.24) is 10.6 Å². The smallest absolute Gasteiger partial charge is 0.380 e. The fourth-order valence-electron chi connectivity index (χ4n) is 6.27. The second-order valence-electron chi connectivity index (χ2n) is 11.3. The molecule has 3 amide bonds. The van der Waals surface area contributed by atoms with Crippen LogP contribution in [0.25, 0.3) is 0 Å². The summed E-state index contributed by atoms with van der Waals surface area (Å²) in [6, 6.07) is 7.13. The van der Waals surface area contributed by atoms with Gasteiger partial charge in [-0.15, -0.1) is 0 Å². The van der Waals surface area contributed by atoms with Crippen LogP contribution in [0.4, 0.5) is 23.7 Å². The second kappa shape index (κ2) is 10.2. The van der Waals surface area contributed by atoms with Crippen molar-refractivity contribution in [3.8, 4) is 0 Å². The molecule has 36 heavy (non-hydrogen) atoms. The van der Waals surface area contributed by atoms with E-state index < -0.39 is 30.5 Å². The molecule has 0 saturated heterocycles. The Kier molecular flexibility index (Phi) is 7.68. The minimum Gasteiger partial charge on any atom is -0.380 e. The number of amides is 3. The number of halogens is 4. The standard InChI is InChI=1S/C26H35BrF3N3O3/c1-16(2)31-23(35)32-24-9-4-5-17(12-24)18(8-10-24)15-33(21-7-3-6-20(27)11-21)22(34)19-13-25(36,14-19)26(28,29)30/h3,6-7,11,16-19,36H,4-5,8-10,12-15H2,1-2H3,(H2,31,32,35). The van der Waals surface area contributed by atoms with Gasteiger partial charge >= 0.3 is 12.2 Å². The number of benzene rings is 1. The monoisotopic (exact) mass is 573 g/mol. The van der Waals surface area contributed by atoms with Crippen molar-refractivity contribution in [2.75, 3.05) is 11.4 Å². The molecule has 3 unspecified atom stereocenters. The molecule has 3 fully saturated rings. The maximum atomic E-state index is 13.5. The van der Waals surface area contributed by atoms with E-state index in [1.165, 1.54) is 0 Å². The first-order valence-corrected chi connectivity index (χ1v) is 13.5. The molecule has 6 nitrogen and oxygen atoms in total. The lowest BCUT2D eigenvalue weighted by Gasteiger charge is -2.50. The van der Waals surface area contributed by atoms with Crippen LogP contribution < -0.4 is 15.5 Å². The van der Waals surface area contributed by atoms with Crippen molar-refractivity contribution in [3.63, 3.8) is 0 Å². The van der Waals surface area contributed by atoms with Crippen LogP contribution in [0.5, 0.6) is 0 Å². The maximum absolute atomic E-state index is 13.5.